The van der Waals surface area contributed by atoms with Crippen molar-refractivity contribution in [3.8, 4) is 0 Å². The molecule has 0 aromatic carbocycles. The molecule has 0 amide bonds. The molecule has 12 atom stereocenters. The zero-order valence-corrected chi connectivity index (χ0v) is 35.2. The number of carboxylic acids is 1. The number of carbonyl (C=O) groups is 2. The van der Waals surface area contributed by atoms with E-state index in [1.165, 1.54) is 6.92 Å². The standard InChI is InChI=1S/C40H74N2O13/c1-13-37(8,9)34-28(42-19-27(46)47)30(48)33(26(21-44)52-34)55-40(16-4,17-5)39(12,15-3)35-29(41-18-24(45)22-51-36(50)23(6)7)31(49)32(25(20-43)53-35)54-38(10,11)14-2/h24-26,28-35,41-45,48-49H,6,13-22H2,1-5,7-12H3,(H,46,47). The van der Waals surface area contributed by atoms with Crippen LogP contribution < -0.4 is 10.6 Å². The fourth-order valence-corrected chi connectivity index (χ4v) is 8.05. The predicted octanol–water partition coefficient (Wildman–Crippen LogP) is 2.08. The summed E-state index contributed by atoms with van der Waals surface area (Å²) in [6.45, 7) is 22.6. The topological polar surface area (TPSA) is 226 Å². The van der Waals surface area contributed by atoms with Crippen LogP contribution in [-0.2, 0) is 33.3 Å². The molecule has 15 heteroatoms. The van der Waals surface area contributed by atoms with Crippen LogP contribution in [0.3, 0.4) is 0 Å². The molecule has 0 aromatic heterocycles. The minimum atomic E-state index is -1.30. The van der Waals surface area contributed by atoms with E-state index >= 15 is 0 Å². The van der Waals surface area contributed by atoms with Crippen molar-refractivity contribution >= 4 is 11.9 Å². The van der Waals surface area contributed by atoms with Crippen molar-refractivity contribution in [1.82, 2.24) is 10.6 Å². The number of rotatable bonds is 23. The molecule has 0 aliphatic carbocycles. The van der Waals surface area contributed by atoms with E-state index in [-0.39, 0.29) is 18.7 Å². The molecule has 8 N–H and O–H groups in total. The first kappa shape index (κ1) is 49.4. The van der Waals surface area contributed by atoms with Crippen LogP contribution >= 0.6 is 0 Å². The van der Waals surface area contributed by atoms with E-state index in [1.807, 2.05) is 69.2 Å². The third kappa shape index (κ3) is 11.5. The number of aliphatic hydroxyl groups is 5. The van der Waals surface area contributed by atoms with E-state index in [0.29, 0.717) is 32.1 Å². The number of aliphatic hydroxyl groups excluding tert-OH is 5. The molecule has 0 radical (unpaired) electrons. The van der Waals surface area contributed by atoms with Gasteiger partial charge in [-0.2, -0.15) is 0 Å². The van der Waals surface area contributed by atoms with Gasteiger partial charge >= 0.3 is 11.9 Å². The molecule has 2 fully saturated rings. The van der Waals surface area contributed by atoms with Gasteiger partial charge in [-0.25, -0.2) is 4.79 Å². The van der Waals surface area contributed by atoms with Gasteiger partial charge in [0.15, 0.2) is 0 Å². The van der Waals surface area contributed by atoms with E-state index in [4.69, 9.17) is 23.7 Å². The highest BCUT2D eigenvalue weighted by Crippen LogP contribution is 2.51. The molecule has 2 aliphatic heterocycles. The van der Waals surface area contributed by atoms with Crippen LogP contribution in [0.1, 0.15) is 108 Å². The monoisotopic (exact) mass is 791 g/mol. The van der Waals surface area contributed by atoms with Crippen LogP contribution in [0.15, 0.2) is 12.2 Å². The highest BCUT2D eigenvalue weighted by Gasteiger charge is 2.61. The average Bonchev–Trinajstić information content (AvgIpc) is 3.15. The summed E-state index contributed by atoms with van der Waals surface area (Å²) in [6, 6.07) is -1.78. The fourth-order valence-electron chi connectivity index (χ4n) is 8.05. The summed E-state index contributed by atoms with van der Waals surface area (Å²) in [5.74, 6) is -1.75. The number of carbonyl (C=O) groups excluding carboxylic acids is 1. The molecular weight excluding hydrogens is 716 g/mol. The Morgan fingerprint density at radius 2 is 1.29 bits per heavy atom. The minimum Gasteiger partial charge on any atom is -0.480 e. The van der Waals surface area contributed by atoms with E-state index < -0.39 is 121 Å². The summed E-state index contributed by atoms with van der Waals surface area (Å²) in [7, 11) is 0. The Labute approximate surface area is 328 Å². The van der Waals surface area contributed by atoms with E-state index in [9.17, 15) is 40.2 Å². The highest BCUT2D eigenvalue weighted by molar-refractivity contribution is 5.86. The van der Waals surface area contributed by atoms with Gasteiger partial charge in [0.25, 0.3) is 0 Å². The summed E-state index contributed by atoms with van der Waals surface area (Å²) in [5, 5.41) is 72.4. The summed E-state index contributed by atoms with van der Waals surface area (Å²) in [5.41, 5.74) is -3.15. The quantitative estimate of drug-likeness (QED) is 0.0548. The lowest BCUT2D eigenvalue weighted by Gasteiger charge is -2.59. The van der Waals surface area contributed by atoms with Crippen LogP contribution in [0.4, 0.5) is 0 Å². The summed E-state index contributed by atoms with van der Waals surface area (Å²) >= 11 is 0. The van der Waals surface area contributed by atoms with Crippen molar-refractivity contribution in [3.63, 3.8) is 0 Å². The van der Waals surface area contributed by atoms with E-state index in [2.05, 4.69) is 17.2 Å². The average molecular weight is 791 g/mol. The third-order valence-electron chi connectivity index (χ3n) is 12.5. The molecule has 0 saturated carbocycles. The van der Waals surface area contributed by atoms with Crippen molar-refractivity contribution in [3.05, 3.63) is 12.2 Å². The molecule has 322 valence electrons. The van der Waals surface area contributed by atoms with Crippen molar-refractivity contribution in [1.29, 1.82) is 0 Å². The first-order chi connectivity index (χ1) is 25.6. The maximum atomic E-state index is 12.2. The molecule has 2 heterocycles. The van der Waals surface area contributed by atoms with Crippen LogP contribution in [-0.4, -0.2) is 154 Å². The van der Waals surface area contributed by atoms with Crippen molar-refractivity contribution in [2.75, 3.05) is 32.9 Å². The van der Waals surface area contributed by atoms with Crippen LogP contribution in [0.5, 0.6) is 0 Å². The maximum absolute atomic E-state index is 12.2. The summed E-state index contributed by atoms with van der Waals surface area (Å²) in [6.07, 6.45) is -6.92. The molecule has 55 heavy (non-hydrogen) atoms. The van der Waals surface area contributed by atoms with Gasteiger partial charge in [0.1, 0.15) is 49.3 Å². The predicted molar refractivity (Wildman–Crippen MR) is 206 cm³/mol. The molecule has 2 rings (SSSR count). The number of carboxylic acid groups (broad SMARTS) is 1. The lowest BCUT2D eigenvalue weighted by atomic mass is 9.61. The second kappa shape index (κ2) is 20.8. The Bertz CT molecular complexity index is 1230. The van der Waals surface area contributed by atoms with E-state index in [1.54, 1.807) is 0 Å². The Morgan fingerprint density at radius 1 is 0.782 bits per heavy atom. The van der Waals surface area contributed by atoms with Gasteiger partial charge in [-0.05, 0) is 58.3 Å². The number of nitrogens with one attached hydrogen (secondary N) is 2. The Kier molecular flexibility index (Phi) is 18.7. The second-order valence-corrected chi connectivity index (χ2v) is 16.9. The molecule has 0 bridgehead atoms. The summed E-state index contributed by atoms with van der Waals surface area (Å²) in [4.78, 5) is 23.7. The van der Waals surface area contributed by atoms with Gasteiger partial charge in [0.05, 0.1) is 55.3 Å². The zero-order chi connectivity index (χ0) is 42.1. The fraction of sp³-hybridized carbons (Fsp3) is 0.900. The van der Waals surface area contributed by atoms with Crippen molar-refractivity contribution < 1.29 is 63.9 Å². The third-order valence-corrected chi connectivity index (χ3v) is 12.5. The lowest BCUT2D eigenvalue weighted by molar-refractivity contribution is -0.311. The molecule has 0 spiro atoms. The molecule has 0 aromatic rings. The Balaban J connectivity index is 2.69. The van der Waals surface area contributed by atoms with Crippen molar-refractivity contribution in [2.24, 2.45) is 10.8 Å². The van der Waals surface area contributed by atoms with Crippen LogP contribution in [0, 0.1) is 10.8 Å². The highest BCUT2D eigenvalue weighted by atomic mass is 16.6. The number of hydrogen-bond donors (Lipinski definition) is 8. The number of aliphatic carboxylic acids is 1. The second-order valence-electron chi connectivity index (χ2n) is 16.9. The Hall–Kier alpha value is -1.76. The lowest BCUT2D eigenvalue weighted by Crippen LogP contribution is -2.73. The van der Waals surface area contributed by atoms with Crippen LogP contribution in [0.25, 0.3) is 0 Å². The van der Waals surface area contributed by atoms with Gasteiger partial charge in [0.2, 0.25) is 0 Å². The van der Waals surface area contributed by atoms with Gasteiger partial charge in [-0.15, -0.1) is 0 Å². The summed E-state index contributed by atoms with van der Waals surface area (Å²) < 4.78 is 32.0. The minimum absolute atomic E-state index is 0.113. The van der Waals surface area contributed by atoms with Gasteiger partial charge < -0.3 is 59.6 Å². The molecule has 12 unspecified atom stereocenters. The molecule has 2 saturated heterocycles. The molecule has 15 nitrogen and oxygen atoms in total. The zero-order valence-electron chi connectivity index (χ0n) is 35.2. The maximum Gasteiger partial charge on any atom is 0.333 e. The van der Waals surface area contributed by atoms with Gasteiger partial charge in [-0.1, -0.05) is 62.0 Å². The SMILES string of the molecule is C=C(C)C(=O)OCC(O)CNC1C(O)C(OC(C)(C)CC)C(CO)OC1C(C)(CC)C(CC)(CC)OC1C(CO)OC(C(C)(C)CC)C(NCC(=O)O)C1O. The smallest absolute Gasteiger partial charge is 0.333 e. The number of ether oxygens (including phenoxy) is 5. The number of esters is 1. The van der Waals surface area contributed by atoms with Crippen LogP contribution in [0.2, 0.25) is 0 Å². The first-order valence-corrected chi connectivity index (χ1v) is 20.0. The molecule has 2 aliphatic rings. The number of hydrogen-bond acceptors (Lipinski definition) is 14. The molecular formula is C40H74N2O13. The Morgan fingerprint density at radius 3 is 1.73 bits per heavy atom. The van der Waals surface area contributed by atoms with E-state index in [0.717, 1.165) is 0 Å². The first-order valence-electron chi connectivity index (χ1n) is 20.0. The van der Waals surface area contributed by atoms with Crippen molar-refractivity contribution in [2.45, 2.75) is 186 Å². The normalized spacial score (nSPS) is 31.1. The van der Waals surface area contributed by atoms with Gasteiger partial charge in [0, 0.05) is 17.5 Å². The largest absolute Gasteiger partial charge is 0.480 e. The van der Waals surface area contributed by atoms with Gasteiger partial charge in [-0.3, -0.25) is 10.1 Å².